The zero-order valence-corrected chi connectivity index (χ0v) is 59.2. The molecule has 30 heteroatoms. The Morgan fingerprint density at radius 2 is 0.690 bits per heavy atom. The molecule has 0 aliphatic rings. The van der Waals surface area contributed by atoms with Crippen LogP contribution in [0.1, 0.15) is 96.9 Å². The molecule has 5 unspecified atom stereocenters. The summed E-state index contributed by atoms with van der Waals surface area (Å²) in [6, 6.07) is 0. The molecular formula is C28H74K2N2NaO10P5S10. The molecule has 0 saturated carbocycles. The van der Waals surface area contributed by atoms with Crippen LogP contribution in [0, 0.1) is 23.7 Å². The van der Waals surface area contributed by atoms with Gasteiger partial charge in [0.1, 0.15) is 0 Å². The Kier molecular flexibility index (Phi) is 85.2. The van der Waals surface area contributed by atoms with Crippen molar-refractivity contribution in [2.24, 2.45) is 23.7 Å². The van der Waals surface area contributed by atoms with Crippen molar-refractivity contribution in [3.63, 3.8) is 0 Å². The van der Waals surface area contributed by atoms with Gasteiger partial charge in [-0.3, -0.25) is 0 Å². The van der Waals surface area contributed by atoms with Gasteiger partial charge in [-0.15, -0.1) is 34.1 Å². The quantitative estimate of drug-likeness (QED) is 0.0801. The minimum atomic E-state index is -2.80. The van der Waals surface area contributed by atoms with E-state index in [-0.39, 0.29) is 145 Å². The van der Waals surface area contributed by atoms with Crippen LogP contribution in [0.5, 0.6) is 0 Å². The van der Waals surface area contributed by atoms with E-state index in [1.807, 2.05) is 62.3 Å². The predicted molar refractivity (Wildman–Crippen MR) is 271 cm³/mol. The van der Waals surface area contributed by atoms with Crippen molar-refractivity contribution < 1.29 is 179 Å². The zero-order chi connectivity index (χ0) is 43.0. The minimum absolute atomic E-state index is 0. The minimum Gasteiger partial charge on any atom is -0.793 e. The van der Waals surface area contributed by atoms with Crippen LogP contribution in [0.3, 0.4) is 0 Å². The average Bonchev–Trinajstić information content (AvgIpc) is 2.98. The van der Waals surface area contributed by atoms with Gasteiger partial charge < -0.3 is 59.4 Å². The SMILES string of the molecule is CC(C)COP([O-])(=S)SCC(C)C.CC(C)COP([O-])(=S)SCC(C)C.CCOP(O)(=S)SCC.CCOP(O)(=S)SCC.CCOP([O-])(=S)SCC.N.N.[K+].[K+].[Na+]. The molecule has 0 heterocycles. The number of hydrogen-bond acceptors (Lipinski definition) is 20. The Hall–Kier alpha value is 8.79. The van der Waals surface area contributed by atoms with Crippen LogP contribution in [0.4, 0.5) is 0 Å². The molecule has 0 radical (unpaired) electrons. The summed E-state index contributed by atoms with van der Waals surface area (Å²) in [5.41, 5.74) is -13.2. The Balaban J connectivity index is -0.0000000614. The number of hydrogen-bond donors (Lipinski definition) is 4. The van der Waals surface area contributed by atoms with Crippen molar-refractivity contribution in [3.05, 3.63) is 0 Å². The molecule has 8 N–H and O–H groups in total. The molecule has 0 amide bonds. The molecule has 0 fully saturated rings. The van der Waals surface area contributed by atoms with Crippen molar-refractivity contribution >= 4 is 144 Å². The molecule has 12 nitrogen and oxygen atoms in total. The molecule has 58 heavy (non-hydrogen) atoms. The molecule has 0 rings (SSSR count). The maximum absolute atomic E-state index is 11.6. The van der Waals surface area contributed by atoms with Gasteiger partial charge in [0.25, 0.3) is 0 Å². The van der Waals surface area contributed by atoms with Crippen LogP contribution in [0.2, 0.25) is 0 Å². The van der Waals surface area contributed by atoms with E-state index < -0.39 is 28.5 Å². The number of rotatable bonds is 24. The van der Waals surface area contributed by atoms with Crippen molar-refractivity contribution in [3.8, 4) is 0 Å². The van der Waals surface area contributed by atoms with E-state index in [2.05, 4.69) is 39.5 Å². The van der Waals surface area contributed by atoms with Crippen molar-refractivity contribution in [1.29, 1.82) is 0 Å². The fourth-order valence-electron chi connectivity index (χ4n) is 2.12. The van der Waals surface area contributed by atoms with E-state index in [4.69, 9.17) is 69.8 Å². The summed E-state index contributed by atoms with van der Waals surface area (Å²) in [7, 11) is 0. The summed E-state index contributed by atoms with van der Waals surface area (Å²) in [6.45, 7) is 30.0. The van der Waals surface area contributed by atoms with Gasteiger partial charge in [-0.05, 0) is 85.3 Å². The summed E-state index contributed by atoms with van der Waals surface area (Å²) < 4.78 is 25.0. The van der Waals surface area contributed by atoms with Gasteiger partial charge in [0.2, 0.25) is 11.4 Å². The Labute approximate surface area is 509 Å². The summed E-state index contributed by atoms with van der Waals surface area (Å²) in [5, 5.41) is 0. The second kappa shape index (κ2) is 55.1. The molecule has 0 saturated heterocycles. The van der Waals surface area contributed by atoms with Crippen molar-refractivity contribution in [2.75, 3.05) is 61.8 Å². The third-order valence-corrected chi connectivity index (χ3v) is 26.6. The summed E-state index contributed by atoms with van der Waals surface area (Å²) in [5.74, 6) is 5.76. The van der Waals surface area contributed by atoms with Crippen LogP contribution in [0.25, 0.3) is 0 Å². The standard InChI is InChI=1S/2C8H19O2PS2.3C4H11O2PS2.2K.2H3N.Na/c2*1-7(2)5-10-11(9,12)13-6-8(3)4;3*1-3-6-7(5,8)9-4-2;;;;;/h2*7-8H,5-6H2,1-4H3,(H,9,12);3*3-4H2,1-2H3,(H,5,8);;;2*1H3;/q;;;;;2*+1;;;+1/p-3. The second-order valence-electron chi connectivity index (χ2n) is 11.5. The molecule has 0 spiro atoms. The second-order valence-corrected chi connectivity index (χ2v) is 43.0. The molecule has 0 aromatic rings. The molecule has 0 aliphatic heterocycles. The van der Waals surface area contributed by atoms with Crippen molar-refractivity contribution in [2.45, 2.75) is 96.9 Å². The maximum Gasteiger partial charge on any atom is 1.00 e. The molecule has 0 aliphatic carbocycles. The van der Waals surface area contributed by atoms with Gasteiger partial charge in [-0.1, -0.05) is 134 Å². The smallest absolute Gasteiger partial charge is 0.793 e. The van der Waals surface area contributed by atoms with Crippen LogP contribution in [-0.2, 0) is 81.7 Å². The first kappa shape index (κ1) is 89.6. The summed E-state index contributed by atoms with van der Waals surface area (Å²) in [6.07, 6.45) is 0. The Morgan fingerprint density at radius 3 is 0.879 bits per heavy atom. The van der Waals surface area contributed by atoms with Gasteiger partial charge in [0, 0.05) is 35.2 Å². The molecule has 0 aromatic heterocycles. The Bertz CT molecular complexity index is 959. The van der Waals surface area contributed by atoms with E-state index >= 15 is 0 Å². The molecule has 5 atom stereocenters. The third kappa shape index (κ3) is 81.7. The van der Waals surface area contributed by atoms with E-state index in [0.29, 0.717) is 56.7 Å². The molecule has 0 aromatic carbocycles. The van der Waals surface area contributed by atoms with Crippen LogP contribution in [0.15, 0.2) is 0 Å². The fourth-order valence-corrected chi connectivity index (χ4v) is 19.8. The predicted octanol–water partition coefficient (Wildman–Crippen LogP) is 1.95. The van der Waals surface area contributed by atoms with Crippen LogP contribution in [-0.4, -0.2) is 71.6 Å². The monoisotopic (exact) mass is 1170 g/mol. The van der Waals surface area contributed by atoms with Gasteiger partial charge in [0.15, 0.2) is 0 Å². The normalized spacial score (nSPS) is 15.4. The topological polar surface area (TPSA) is 226 Å². The Morgan fingerprint density at radius 1 is 0.448 bits per heavy atom. The van der Waals surface area contributed by atoms with Gasteiger partial charge in [-0.25, -0.2) is 0 Å². The third-order valence-electron chi connectivity index (χ3n) is 4.01. The van der Waals surface area contributed by atoms with Crippen LogP contribution >= 0.6 is 85.4 Å². The van der Waals surface area contributed by atoms with E-state index in [1.54, 1.807) is 6.92 Å². The molecule has 344 valence electrons. The van der Waals surface area contributed by atoms with Gasteiger partial charge in [0.05, 0.1) is 26.4 Å². The van der Waals surface area contributed by atoms with Crippen molar-refractivity contribution in [1.82, 2.24) is 12.3 Å². The molecule has 0 bridgehead atoms. The fraction of sp³-hybridized carbons (Fsp3) is 1.00. The zero-order valence-electron chi connectivity index (χ0n) is 38.3. The largest absolute Gasteiger partial charge is 1.00 e. The first-order valence-corrected chi connectivity index (χ1v) is 38.3. The van der Waals surface area contributed by atoms with E-state index in [0.717, 1.165) is 28.8 Å². The van der Waals surface area contributed by atoms with Gasteiger partial charge in [-0.2, -0.15) is 0 Å². The summed E-state index contributed by atoms with van der Waals surface area (Å²) >= 11 is 30.3. The van der Waals surface area contributed by atoms with E-state index in [1.165, 1.54) is 56.9 Å². The first-order valence-electron chi connectivity index (χ1n) is 17.1. The summed E-state index contributed by atoms with van der Waals surface area (Å²) in [4.78, 5) is 52.5. The molecular weight excluding hydrogens is 1100 g/mol. The van der Waals surface area contributed by atoms with E-state index in [9.17, 15) is 24.5 Å². The van der Waals surface area contributed by atoms with Gasteiger partial charge >= 0.3 is 132 Å². The average molecular weight is 1180 g/mol. The first-order chi connectivity index (χ1) is 24.0. The maximum atomic E-state index is 11.6. The van der Waals surface area contributed by atoms with Crippen LogP contribution < -0.4 is 159 Å².